The van der Waals surface area contributed by atoms with Crippen LogP contribution in [0.2, 0.25) is 10.0 Å². The highest BCUT2D eigenvalue weighted by Gasteiger charge is 2.03. The third kappa shape index (κ3) is 3.97. The summed E-state index contributed by atoms with van der Waals surface area (Å²) in [6, 6.07) is 6.32. The van der Waals surface area contributed by atoms with Crippen molar-refractivity contribution >= 4 is 34.9 Å². The molecule has 2 amide bonds. The van der Waals surface area contributed by atoms with E-state index in [0.29, 0.717) is 22.3 Å². The maximum absolute atomic E-state index is 11.3. The van der Waals surface area contributed by atoms with E-state index >= 15 is 0 Å². The van der Waals surface area contributed by atoms with Crippen molar-refractivity contribution in [1.82, 2.24) is 5.32 Å². The van der Waals surface area contributed by atoms with E-state index in [1.54, 1.807) is 18.2 Å². The van der Waals surface area contributed by atoms with Crippen molar-refractivity contribution < 1.29 is 4.79 Å². The summed E-state index contributed by atoms with van der Waals surface area (Å²) in [5.41, 5.74) is 0.545. The van der Waals surface area contributed by atoms with E-state index in [2.05, 4.69) is 10.6 Å². The van der Waals surface area contributed by atoms with Crippen molar-refractivity contribution in [2.75, 3.05) is 11.9 Å². The van der Waals surface area contributed by atoms with Crippen LogP contribution in [0.25, 0.3) is 0 Å². The predicted molar refractivity (Wildman–Crippen MR) is 63.7 cm³/mol. The van der Waals surface area contributed by atoms with Gasteiger partial charge in [0.15, 0.2) is 0 Å². The third-order valence-corrected chi connectivity index (χ3v) is 2.44. The molecule has 0 atom stereocenters. The summed E-state index contributed by atoms with van der Waals surface area (Å²) < 4.78 is 0. The lowest BCUT2D eigenvalue weighted by Gasteiger charge is -2.06. The fourth-order valence-corrected chi connectivity index (χ4v) is 1.28. The minimum absolute atomic E-state index is 0.273. The number of nitrogens with zero attached hydrogens (tertiary/aromatic N) is 1. The Morgan fingerprint density at radius 2 is 2.12 bits per heavy atom. The van der Waals surface area contributed by atoms with Gasteiger partial charge in [-0.25, -0.2) is 4.79 Å². The highest BCUT2D eigenvalue weighted by atomic mass is 35.5. The van der Waals surface area contributed by atoms with Gasteiger partial charge in [0.2, 0.25) is 0 Å². The van der Waals surface area contributed by atoms with E-state index in [9.17, 15) is 4.79 Å². The van der Waals surface area contributed by atoms with Crippen LogP contribution in [0.15, 0.2) is 18.2 Å². The number of rotatable bonds is 3. The van der Waals surface area contributed by atoms with Gasteiger partial charge in [0.1, 0.15) is 0 Å². The van der Waals surface area contributed by atoms with Gasteiger partial charge in [-0.1, -0.05) is 23.2 Å². The first-order valence-electron chi connectivity index (χ1n) is 4.50. The van der Waals surface area contributed by atoms with Crippen LogP contribution in [0.4, 0.5) is 10.5 Å². The van der Waals surface area contributed by atoms with Crippen LogP contribution in [-0.2, 0) is 0 Å². The van der Waals surface area contributed by atoms with Crippen LogP contribution < -0.4 is 10.6 Å². The lowest BCUT2D eigenvalue weighted by atomic mass is 10.3. The summed E-state index contributed by atoms with van der Waals surface area (Å²) in [6.07, 6.45) is 0.273. The first kappa shape index (κ1) is 12.6. The number of carbonyl (C=O) groups is 1. The molecule has 4 nitrogen and oxygen atoms in total. The lowest BCUT2D eigenvalue weighted by molar-refractivity contribution is 0.252. The molecule has 84 valence electrons. The number of hydrogen-bond acceptors (Lipinski definition) is 2. The molecule has 0 unspecified atom stereocenters. The van der Waals surface area contributed by atoms with E-state index in [4.69, 9.17) is 28.5 Å². The fourth-order valence-electron chi connectivity index (χ4n) is 0.981. The van der Waals surface area contributed by atoms with Gasteiger partial charge in [-0.15, -0.1) is 0 Å². The van der Waals surface area contributed by atoms with Crippen LogP contribution in [0.5, 0.6) is 0 Å². The van der Waals surface area contributed by atoms with Gasteiger partial charge < -0.3 is 10.6 Å². The van der Waals surface area contributed by atoms with Crippen molar-refractivity contribution in [3.8, 4) is 6.07 Å². The van der Waals surface area contributed by atoms with Crippen molar-refractivity contribution in [3.63, 3.8) is 0 Å². The Bertz CT molecular complexity index is 429. The SMILES string of the molecule is N#CCCNC(=O)Nc1ccc(Cl)c(Cl)c1. The Morgan fingerprint density at radius 1 is 1.38 bits per heavy atom. The second-order valence-electron chi connectivity index (χ2n) is 2.92. The van der Waals surface area contributed by atoms with E-state index in [0.717, 1.165) is 0 Å². The molecule has 1 aromatic carbocycles. The summed E-state index contributed by atoms with van der Waals surface area (Å²) in [7, 11) is 0. The van der Waals surface area contributed by atoms with E-state index in [1.807, 2.05) is 6.07 Å². The molecule has 0 heterocycles. The Morgan fingerprint density at radius 3 is 2.75 bits per heavy atom. The molecule has 0 saturated heterocycles. The van der Waals surface area contributed by atoms with Crippen molar-refractivity contribution in [2.45, 2.75) is 6.42 Å². The van der Waals surface area contributed by atoms with Crippen LogP contribution in [-0.4, -0.2) is 12.6 Å². The molecule has 0 aliphatic carbocycles. The number of hydrogen-bond donors (Lipinski definition) is 2. The first-order valence-corrected chi connectivity index (χ1v) is 5.26. The molecule has 0 radical (unpaired) electrons. The van der Waals surface area contributed by atoms with Gasteiger partial charge >= 0.3 is 6.03 Å². The molecule has 0 aliphatic heterocycles. The molecule has 6 heteroatoms. The summed E-state index contributed by atoms with van der Waals surface area (Å²) in [6.45, 7) is 0.309. The number of carbonyl (C=O) groups excluding carboxylic acids is 1. The molecular weight excluding hydrogens is 249 g/mol. The largest absolute Gasteiger partial charge is 0.337 e. The van der Waals surface area contributed by atoms with Crippen LogP contribution >= 0.6 is 23.2 Å². The number of benzene rings is 1. The summed E-state index contributed by atoms with van der Waals surface area (Å²) in [5.74, 6) is 0. The Balaban J connectivity index is 2.50. The molecule has 0 bridgehead atoms. The van der Waals surface area contributed by atoms with E-state index in [-0.39, 0.29) is 12.5 Å². The van der Waals surface area contributed by atoms with Gasteiger partial charge in [-0.3, -0.25) is 0 Å². The fraction of sp³-hybridized carbons (Fsp3) is 0.200. The molecule has 1 rings (SSSR count). The summed E-state index contributed by atoms with van der Waals surface area (Å²) >= 11 is 11.5. The molecular formula is C10H9Cl2N3O. The average Bonchev–Trinajstić information content (AvgIpc) is 2.24. The van der Waals surface area contributed by atoms with E-state index in [1.165, 1.54) is 0 Å². The quantitative estimate of drug-likeness (QED) is 0.818. The minimum Gasteiger partial charge on any atom is -0.337 e. The van der Waals surface area contributed by atoms with Crippen molar-refractivity contribution in [1.29, 1.82) is 5.26 Å². The molecule has 0 spiro atoms. The smallest absolute Gasteiger partial charge is 0.319 e. The molecule has 0 aliphatic rings. The van der Waals surface area contributed by atoms with E-state index < -0.39 is 0 Å². The molecule has 1 aromatic rings. The number of amides is 2. The maximum Gasteiger partial charge on any atom is 0.319 e. The zero-order chi connectivity index (χ0) is 12.0. The summed E-state index contributed by atoms with van der Waals surface area (Å²) in [5, 5.41) is 14.2. The van der Waals surface area contributed by atoms with Gasteiger partial charge in [0, 0.05) is 12.2 Å². The van der Waals surface area contributed by atoms with Crippen molar-refractivity contribution in [3.05, 3.63) is 28.2 Å². The number of nitrogens with one attached hydrogen (secondary N) is 2. The zero-order valence-electron chi connectivity index (χ0n) is 8.26. The number of urea groups is 1. The topological polar surface area (TPSA) is 64.9 Å². The second kappa shape index (κ2) is 6.21. The molecule has 0 saturated carbocycles. The zero-order valence-corrected chi connectivity index (χ0v) is 9.77. The molecule has 16 heavy (non-hydrogen) atoms. The van der Waals surface area contributed by atoms with Gasteiger partial charge in [-0.2, -0.15) is 5.26 Å². The van der Waals surface area contributed by atoms with Crippen LogP contribution in [0.3, 0.4) is 0 Å². The molecule has 0 aromatic heterocycles. The average molecular weight is 258 g/mol. The summed E-state index contributed by atoms with van der Waals surface area (Å²) in [4.78, 5) is 11.3. The van der Waals surface area contributed by atoms with Gasteiger partial charge in [0.05, 0.1) is 22.5 Å². The second-order valence-corrected chi connectivity index (χ2v) is 3.73. The van der Waals surface area contributed by atoms with Gasteiger partial charge in [0.25, 0.3) is 0 Å². The minimum atomic E-state index is -0.381. The number of anilines is 1. The Kier molecular flexibility index (Phi) is 4.90. The number of halogens is 2. The predicted octanol–water partition coefficient (Wildman–Crippen LogP) is 3.03. The normalized spacial score (nSPS) is 9.31. The standard InChI is InChI=1S/C10H9Cl2N3O/c11-8-3-2-7(6-9(8)12)15-10(16)14-5-1-4-13/h2-3,6H,1,5H2,(H2,14,15,16). The maximum atomic E-state index is 11.3. The highest BCUT2D eigenvalue weighted by Crippen LogP contribution is 2.24. The lowest BCUT2D eigenvalue weighted by Crippen LogP contribution is -2.29. The number of nitriles is 1. The molecule has 0 fully saturated rings. The Hall–Kier alpha value is -1.44. The third-order valence-electron chi connectivity index (χ3n) is 1.70. The van der Waals surface area contributed by atoms with Gasteiger partial charge in [-0.05, 0) is 18.2 Å². The van der Waals surface area contributed by atoms with Crippen molar-refractivity contribution in [2.24, 2.45) is 0 Å². The van der Waals surface area contributed by atoms with Crippen LogP contribution in [0, 0.1) is 11.3 Å². The Labute approximate surface area is 103 Å². The highest BCUT2D eigenvalue weighted by molar-refractivity contribution is 6.42. The first-order chi connectivity index (χ1) is 7.63. The molecule has 2 N–H and O–H groups in total. The van der Waals surface area contributed by atoms with Crippen LogP contribution in [0.1, 0.15) is 6.42 Å². The monoisotopic (exact) mass is 257 g/mol.